The van der Waals surface area contributed by atoms with Crippen molar-refractivity contribution in [3.05, 3.63) is 41.5 Å². The van der Waals surface area contributed by atoms with Gasteiger partial charge in [0.1, 0.15) is 6.29 Å². The lowest BCUT2D eigenvalue weighted by molar-refractivity contribution is -0.130. The van der Waals surface area contributed by atoms with Gasteiger partial charge >= 0.3 is 0 Å². The van der Waals surface area contributed by atoms with E-state index in [0.29, 0.717) is 23.7 Å². The molecule has 6 bridgehead atoms. The van der Waals surface area contributed by atoms with Crippen molar-refractivity contribution in [3.8, 4) is 0 Å². The standard InChI is InChI=1S/C25H28O4S/c1-24-19(13-26)22(30(28,29)18-6-4-3-5-7-18)25(2,23(24)27)21-17-11-14-8-15(12-17)10-16(9-14)20(21)24/h3-7,13-17,19,22H,8-12H2,1-2H3. The fraction of sp³-hybridized carbons (Fsp3) is 0.600. The zero-order chi connectivity index (χ0) is 21.1. The normalized spacial score (nSPS) is 46.3. The van der Waals surface area contributed by atoms with Crippen molar-refractivity contribution in [1.29, 1.82) is 0 Å². The number of benzene rings is 1. The van der Waals surface area contributed by atoms with Crippen molar-refractivity contribution < 1.29 is 18.0 Å². The van der Waals surface area contributed by atoms with Crippen molar-refractivity contribution in [2.24, 2.45) is 40.4 Å². The Morgan fingerprint density at radius 3 is 1.93 bits per heavy atom. The third kappa shape index (κ3) is 1.97. The lowest BCUT2D eigenvalue weighted by Gasteiger charge is -2.42. The highest BCUT2D eigenvalue weighted by molar-refractivity contribution is 7.92. The molecule has 158 valence electrons. The molecule has 3 fully saturated rings. The van der Waals surface area contributed by atoms with Gasteiger partial charge in [-0.3, -0.25) is 4.79 Å². The molecule has 0 saturated heterocycles. The monoisotopic (exact) mass is 424 g/mol. The summed E-state index contributed by atoms with van der Waals surface area (Å²) in [6.07, 6.45) is 6.42. The number of rotatable bonds is 3. The summed E-state index contributed by atoms with van der Waals surface area (Å²) in [5.74, 6) is 1.17. The summed E-state index contributed by atoms with van der Waals surface area (Å²) in [5, 5.41) is -1.00. The van der Waals surface area contributed by atoms with E-state index in [1.54, 1.807) is 30.3 Å². The maximum atomic E-state index is 14.0. The van der Waals surface area contributed by atoms with Gasteiger partial charge in [0.05, 0.1) is 21.0 Å². The van der Waals surface area contributed by atoms with Gasteiger partial charge in [0.25, 0.3) is 0 Å². The molecule has 7 rings (SSSR count). The Morgan fingerprint density at radius 1 is 0.867 bits per heavy atom. The second-order valence-corrected chi connectivity index (χ2v) is 12.9. The number of carbonyl (C=O) groups is 2. The van der Waals surface area contributed by atoms with Crippen LogP contribution in [-0.4, -0.2) is 25.7 Å². The fourth-order valence-corrected chi connectivity index (χ4v) is 11.1. The van der Waals surface area contributed by atoms with E-state index < -0.39 is 31.8 Å². The highest BCUT2D eigenvalue weighted by atomic mass is 32.2. The van der Waals surface area contributed by atoms with E-state index in [2.05, 4.69) is 0 Å². The summed E-state index contributed by atoms with van der Waals surface area (Å²) in [4.78, 5) is 26.7. The average Bonchev–Trinajstić information content (AvgIpc) is 2.89. The molecule has 0 N–H and O–H groups in total. The first-order valence-corrected chi connectivity index (χ1v) is 12.8. The van der Waals surface area contributed by atoms with Crippen LogP contribution in [0.4, 0.5) is 0 Å². The number of hydrogen-bond acceptors (Lipinski definition) is 4. The fourth-order valence-electron chi connectivity index (χ4n) is 8.70. The van der Waals surface area contributed by atoms with Crippen molar-refractivity contribution in [3.63, 3.8) is 0 Å². The smallest absolute Gasteiger partial charge is 0.183 e. The lowest BCUT2D eigenvalue weighted by atomic mass is 9.63. The molecule has 0 radical (unpaired) electrons. The third-order valence-electron chi connectivity index (χ3n) is 9.42. The van der Waals surface area contributed by atoms with Crippen LogP contribution in [0.2, 0.25) is 0 Å². The first-order chi connectivity index (χ1) is 14.2. The van der Waals surface area contributed by atoms with E-state index in [9.17, 15) is 18.0 Å². The summed E-state index contributed by atoms with van der Waals surface area (Å²) in [5.41, 5.74) is 0.255. The molecule has 6 atom stereocenters. The molecule has 1 aromatic carbocycles. The minimum Gasteiger partial charge on any atom is -0.303 e. The average molecular weight is 425 g/mol. The number of hydrogen-bond donors (Lipinski definition) is 0. The van der Waals surface area contributed by atoms with Crippen molar-refractivity contribution >= 4 is 21.9 Å². The molecule has 6 aliphatic rings. The van der Waals surface area contributed by atoms with Crippen LogP contribution in [0.15, 0.2) is 46.4 Å². The quantitative estimate of drug-likeness (QED) is 0.543. The summed E-state index contributed by atoms with van der Waals surface area (Å²) in [6.45, 7) is 3.75. The first-order valence-electron chi connectivity index (χ1n) is 11.3. The molecule has 4 nitrogen and oxygen atoms in total. The summed E-state index contributed by atoms with van der Waals surface area (Å²) >= 11 is 0. The molecule has 3 saturated carbocycles. The van der Waals surface area contributed by atoms with E-state index in [1.165, 1.54) is 12.0 Å². The second kappa shape index (κ2) is 5.73. The minimum atomic E-state index is -3.84. The van der Waals surface area contributed by atoms with Crippen LogP contribution < -0.4 is 0 Å². The van der Waals surface area contributed by atoms with Crippen LogP contribution >= 0.6 is 0 Å². The van der Waals surface area contributed by atoms with Gasteiger partial charge in [-0.25, -0.2) is 8.42 Å². The molecule has 0 spiro atoms. The van der Waals surface area contributed by atoms with E-state index >= 15 is 0 Å². The predicted octanol–water partition coefficient (Wildman–Crippen LogP) is 4.01. The summed E-state index contributed by atoms with van der Waals surface area (Å²) in [6, 6.07) is 8.38. The Morgan fingerprint density at radius 2 is 1.40 bits per heavy atom. The van der Waals surface area contributed by atoms with Crippen molar-refractivity contribution in [2.75, 3.05) is 0 Å². The van der Waals surface area contributed by atoms with Crippen molar-refractivity contribution in [2.45, 2.75) is 56.1 Å². The number of aldehydes is 1. The van der Waals surface area contributed by atoms with Crippen molar-refractivity contribution in [1.82, 2.24) is 0 Å². The van der Waals surface area contributed by atoms with Gasteiger partial charge in [0.2, 0.25) is 0 Å². The van der Waals surface area contributed by atoms with Crippen LogP contribution in [0.3, 0.4) is 0 Å². The Hall–Kier alpha value is -1.75. The number of fused-ring (bicyclic) bond motifs is 2. The topological polar surface area (TPSA) is 68.3 Å². The highest BCUT2D eigenvalue weighted by Crippen LogP contribution is 2.73. The van der Waals surface area contributed by atoms with E-state index in [0.717, 1.165) is 37.5 Å². The van der Waals surface area contributed by atoms with E-state index in [-0.39, 0.29) is 10.7 Å². The zero-order valence-electron chi connectivity index (χ0n) is 17.5. The zero-order valence-corrected chi connectivity index (χ0v) is 18.3. The Bertz CT molecular complexity index is 1090. The number of Topliss-reactive ketones (excluding diaryl/α,β-unsaturated/α-hetero) is 1. The Labute approximate surface area is 178 Å². The second-order valence-electron chi connectivity index (χ2n) is 10.8. The number of sulfone groups is 1. The molecule has 0 aliphatic heterocycles. The maximum Gasteiger partial charge on any atom is 0.183 e. The van der Waals surface area contributed by atoms with E-state index in [1.807, 2.05) is 13.8 Å². The van der Waals surface area contributed by atoms with E-state index in [4.69, 9.17) is 0 Å². The van der Waals surface area contributed by atoms with Gasteiger partial charge in [-0.1, -0.05) is 29.3 Å². The van der Waals surface area contributed by atoms with Gasteiger partial charge in [0, 0.05) is 5.92 Å². The van der Waals surface area contributed by atoms with Gasteiger partial charge in [-0.2, -0.15) is 0 Å². The molecule has 0 heterocycles. The van der Waals surface area contributed by atoms with Gasteiger partial charge in [-0.15, -0.1) is 0 Å². The van der Waals surface area contributed by atoms with Crippen LogP contribution in [0.1, 0.15) is 46.0 Å². The number of carbonyl (C=O) groups excluding carboxylic acids is 2. The maximum absolute atomic E-state index is 14.0. The molecular weight excluding hydrogens is 396 g/mol. The minimum absolute atomic E-state index is 0.0194. The SMILES string of the molecule is CC12C(=O)C(C)(C3=C1C1CC4CC(C1)CC3C4)C(S(=O)(=O)c1ccccc1)C2C=O. The van der Waals surface area contributed by atoms with Crippen LogP contribution in [-0.2, 0) is 19.4 Å². The highest BCUT2D eigenvalue weighted by Gasteiger charge is 2.76. The molecule has 1 aromatic rings. The Balaban J connectivity index is 1.61. The first kappa shape index (κ1) is 19.0. The van der Waals surface area contributed by atoms with Gasteiger partial charge in [0.15, 0.2) is 15.6 Å². The van der Waals surface area contributed by atoms with Crippen LogP contribution in [0, 0.1) is 40.4 Å². The number of allylic oxidation sites excluding steroid dienone is 2. The molecule has 0 amide bonds. The summed E-state index contributed by atoms with van der Waals surface area (Å²) < 4.78 is 27.8. The molecular formula is C25H28O4S. The third-order valence-corrected chi connectivity index (χ3v) is 11.8. The molecule has 30 heavy (non-hydrogen) atoms. The summed E-state index contributed by atoms with van der Waals surface area (Å²) in [7, 11) is -3.84. The molecule has 6 unspecified atom stereocenters. The predicted molar refractivity (Wildman–Crippen MR) is 112 cm³/mol. The number of ketones is 1. The largest absolute Gasteiger partial charge is 0.303 e. The van der Waals surface area contributed by atoms with Crippen LogP contribution in [0.5, 0.6) is 0 Å². The molecule has 0 aromatic heterocycles. The molecule has 5 heteroatoms. The van der Waals surface area contributed by atoms with Gasteiger partial charge in [-0.05, 0) is 81.8 Å². The van der Waals surface area contributed by atoms with Crippen LogP contribution in [0.25, 0.3) is 0 Å². The molecule has 6 aliphatic carbocycles. The Kier molecular flexibility index (Phi) is 3.62. The lowest BCUT2D eigenvalue weighted by Crippen LogP contribution is -2.46. The van der Waals surface area contributed by atoms with Gasteiger partial charge < -0.3 is 4.79 Å².